The molecular formula is C16H18ClNO2. The van der Waals surface area contributed by atoms with Gasteiger partial charge in [-0.25, -0.2) is 0 Å². The number of aryl methyl sites for hydroxylation is 1. The Hall–Kier alpha value is -1.71. The summed E-state index contributed by atoms with van der Waals surface area (Å²) in [5, 5.41) is 0.660. The van der Waals surface area contributed by atoms with Crippen molar-refractivity contribution in [3.05, 3.63) is 58.1 Å². The first kappa shape index (κ1) is 14.7. The van der Waals surface area contributed by atoms with Crippen LogP contribution in [0.1, 0.15) is 16.7 Å². The molecule has 2 N–H and O–H groups in total. The minimum atomic E-state index is 0.415. The minimum absolute atomic E-state index is 0.415. The third kappa shape index (κ3) is 3.44. The van der Waals surface area contributed by atoms with Crippen LogP contribution in [0.15, 0.2) is 36.4 Å². The van der Waals surface area contributed by atoms with E-state index in [9.17, 15) is 0 Å². The van der Waals surface area contributed by atoms with E-state index >= 15 is 0 Å². The molecule has 0 saturated carbocycles. The summed E-state index contributed by atoms with van der Waals surface area (Å²) in [4.78, 5) is 0. The standard InChI is InChI=1S/C16H18ClNO2/c1-11-3-5-14(17)8-16(11)20-10-13-7-12(9-18)4-6-15(13)19-2/h3-8H,9-10,18H2,1-2H3. The number of ether oxygens (including phenoxy) is 2. The second-order valence-electron chi connectivity index (χ2n) is 4.55. The summed E-state index contributed by atoms with van der Waals surface area (Å²) in [6.45, 7) is 2.89. The van der Waals surface area contributed by atoms with Crippen LogP contribution in [0, 0.1) is 6.92 Å². The van der Waals surface area contributed by atoms with Gasteiger partial charge in [0.1, 0.15) is 18.1 Å². The fourth-order valence-corrected chi connectivity index (χ4v) is 2.12. The smallest absolute Gasteiger partial charge is 0.125 e. The molecule has 4 heteroatoms. The monoisotopic (exact) mass is 291 g/mol. The summed E-state index contributed by atoms with van der Waals surface area (Å²) in [7, 11) is 1.64. The van der Waals surface area contributed by atoms with Crippen molar-refractivity contribution in [2.75, 3.05) is 7.11 Å². The Morgan fingerprint density at radius 3 is 2.60 bits per heavy atom. The van der Waals surface area contributed by atoms with Crippen molar-refractivity contribution in [2.24, 2.45) is 5.73 Å². The Balaban J connectivity index is 2.19. The van der Waals surface area contributed by atoms with E-state index in [0.29, 0.717) is 18.2 Å². The summed E-state index contributed by atoms with van der Waals surface area (Å²) in [6, 6.07) is 11.5. The van der Waals surface area contributed by atoms with Gasteiger partial charge in [-0.1, -0.05) is 23.7 Å². The molecule has 20 heavy (non-hydrogen) atoms. The van der Waals surface area contributed by atoms with Crippen molar-refractivity contribution in [1.82, 2.24) is 0 Å². The third-order valence-corrected chi connectivity index (χ3v) is 3.35. The Morgan fingerprint density at radius 2 is 1.90 bits per heavy atom. The van der Waals surface area contributed by atoms with E-state index in [4.69, 9.17) is 26.8 Å². The summed E-state index contributed by atoms with van der Waals surface area (Å²) in [5.74, 6) is 1.57. The highest BCUT2D eigenvalue weighted by Crippen LogP contribution is 2.26. The molecule has 0 unspecified atom stereocenters. The fraction of sp³-hybridized carbons (Fsp3) is 0.250. The van der Waals surface area contributed by atoms with Crippen LogP contribution in [-0.4, -0.2) is 7.11 Å². The van der Waals surface area contributed by atoms with E-state index in [2.05, 4.69) is 0 Å². The van der Waals surface area contributed by atoms with Crippen LogP contribution in [0.25, 0.3) is 0 Å². The lowest BCUT2D eigenvalue weighted by Crippen LogP contribution is -2.03. The van der Waals surface area contributed by atoms with E-state index in [1.54, 1.807) is 7.11 Å². The van der Waals surface area contributed by atoms with Gasteiger partial charge >= 0.3 is 0 Å². The van der Waals surface area contributed by atoms with Gasteiger partial charge in [0.15, 0.2) is 0 Å². The van der Waals surface area contributed by atoms with Gasteiger partial charge < -0.3 is 15.2 Å². The predicted molar refractivity (Wildman–Crippen MR) is 81.4 cm³/mol. The molecule has 0 atom stereocenters. The first-order valence-electron chi connectivity index (χ1n) is 6.39. The van der Waals surface area contributed by atoms with Crippen LogP contribution in [0.3, 0.4) is 0 Å². The molecule has 2 rings (SSSR count). The molecule has 0 fully saturated rings. The lowest BCUT2D eigenvalue weighted by atomic mass is 10.1. The average Bonchev–Trinajstić information content (AvgIpc) is 2.47. The van der Waals surface area contributed by atoms with Gasteiger partial charge in [-0.2, -0.15) is 0 Å². The second-order valence-corrected chi connectivity index (χ2v) is 4.99. The van der Waals surface area contributed by atoms with Crippen LogP contribution in [0.5, 0.6) is 11.5 Å². The molecule has 0 saturated heterocycles. The topological polar surface area (TPSA) is 44.5 Å². The molecule has 0 aliphatic heterocycles. The Bertz CT molecular complexity index is 599. The van der Waals surface area contributed by atoms with Gasteiger partial charge in [-0.05, 0) is 42.3 Å². The van der Waals surface area contributed by atoms with Gasteiger partial charge in [0.2, 0.25) is 0 Å². The lowest BCUT2D eigenvalue weighted by molar-refractivity contribution is 0.294. The maximum absolute atomic E-state index is 5.98. The highest BCUT2D eigenvalue weighted by molar-refractivity contribution is 6.30. The predicted octanol–water partition coefficient (Wildman–Crippen LogP) is 3.69. The SMILES string of the molecule is COc1ccc(CN)cc1COc1cc(Cl)ccc1C. The van der Waals surface area contributed by atoms with Crippen molar-refractivity contribution < 1.29 is 9.47 Å². The van der Waals surface area contributed by atoms with Crippen LogP contribution >= 0.6 is 11.6 Å². The summed E-state index contributed by atoms with van der Waals surface area (Å²) in [5.41, 5.74) is 8.72. The molecular weight excluding hydrogens is 274 g/mol. The average molecular weight is 292 g/mol. The quantitative estimate of drug-likeness (QED) is 0.913. The van der Waals surface area contributed by atoms with Crippen LogP contribution < -0.4 is 15.2 Å². The first-order chi connectivity index (χ1) is 9.63. The fourth-order valence-electron chi connectivity index (χ4n) is 1.96. The third-order valence-electron chi connectivity index (χ3n) is 3.11. The van der Waals surface area contributed by atoms with Crippen molar-refractivity contribution in [1.29, 1.82) is 0 Å². The van der Waals surface area contributed by atoms with Crippen molar-refractivity contribution >= 4 is 11.6 Å². The molecule has 2 aromatic carbocycles. The van der Waals surface area contributed by atoms with Crippen molar-refractivity contribution in [3.8, 4) is 11.5 Å². The zero-order valence-electron chi connectivity index (χ0n) is 11.7. The van der Waals surface area contributed by atoms with E-state index < -0.39 is 0 Å². The van der Waals surface area contributed by atoms with Gasteiger partial charge in [0, 0.05) is 17.1 Å². The van der Waals surface area contributed by atoms with Gasteiger partial charge in [0.25, 0.3) is 0 Å². The molecule has 0 amide bonds. The van der Waals surface area contributed by atoms with Crippen molar-refractivity contribution in [2.45, 2.75) is 20.1 Å². The molecule has 0 aromatic heterocycles. The van der Waals surface area contributed by atoms with Gasteiger partial charge in [-0.15, -0.1) is 0 Å². The number of hydrogen-bond donors (Lipinski definition) is 1. The number of nitrogens with two attached hydrogens (primary N) is 1. The normalized spacial score (nSPS) is 10.4. The molecule has 0 radical (unpaired) electrons. The second kappa shape index (κ2) is 6.64. The highest BCUT2D eigenvalue weighted by Gasteiger charge is 2.07. The summed E-state index contributed by atoms with van der Waals surface area (Å²) < 4.78 is 11.2. The molecule has 0 heterocycles. The number of rotatable bonds is 5. The number of halogens is 1. The molecule has 106 valence electrons. The number of methoxy groups -OCH3 is 1. The molecule has 3 nitrogen and oxygen atoms in total. The van der Waals surface area contributed by atoms with E-state index in [0.717, 1.165) is 28.2 Å². The van der Waals surface area contributed by atoms with E-state index in [1.807, 2.05) is 43.3 Å². The lowest BCUT2D eigenvalue weighted by Gasteiger charge is -2.13. The van der Waals surface area contributed by atoms with Crippen LogP contribution in [0.2, 0.25) is 5.02 Å². The number of benzene rings is 2. The Morgan fingerprint density at radius 1 is 1.10 bits per heavy atom. The Kier molecular flexibility index (Phi) is 4.88. The molecule has 0 aliphatic carbocycles. The maximum atomic E-state index is 5.98. The largest absolute Gasteiger partial charge is 0.496 e. The molecule has 2 aromatic rings. The molecule has 0 spiro atoms. The van der Waals surface area contributed by atoms with E-state index in [-0.39, 0.29) is 0 Å². The minimum Gasteiger partial charge on any atom is -0.496 e. The molecule has 0 bridgehead atoms. The first-order valence-corrected chi connectivity index (χ1v) is 6.76. The summed E-state index contributed by atoms with van der Waals surface area (Å²) in [6.07, 6.45) is 0. The zero-order valence-corrected chi connectivity index (χ0v) is 12.4. The Labute approximate surface area is 124 Å². The van der Waals surface area contributed by atoms with Gasteiger partial charge in [-0.3, -0.25) is 0 Å². The zero-order chi connectivity index (χ0) is 14.5. The van der Waals surface area contributed by atoms with Crippen LogP contribution in [-0.2, 0) is 13.2 Å². The van der Waals surface area contributed by atoms with Gasteiger partial charge in [0.05, 0.1) is 7.11 Å². The summed E-state index contributed by atoms with van der Waals surface area (Å²) >= 11 is 5.98. The number of hydrogen-bond acceptors (Lipinski definition) is 3. The highest BCUT2D eigenvalue weighted by atomic mass is 35.5. The molecule has 0 aliphatic rings. The van der Waals surface area contributed by atoms with Crippen LogP contribution in [0.4, 0.5) is 0 Å². The van der Waals surface area contributed by atoms with E-state index in [1.165, 1.54) is 0 Å². The van der Waals surface area contributed by atoms with Crippen molar-refractivity contribution in [3.63, 3.8) is 0 Å². The maximum Gasteiger partial charge on any atom is 0.125 e.